The molecule has 1 aliphatic rings. The van der Waals surface area contributed by atoms with Crippen molar-refractivity contribution in [3.05, 3.63) is 22.3 Å². The van der Waals surface area contributed by atoms with E-state index in [1.165, 1.54) is 11.3 Å². The molecule has 29 heavy (non-hydrogen) atoms. The molecule has 8 heteroatoms. The van der Waals surface area contributed by atoms with Crippen molar-refractivity contribution in [2.75, 3.05) is 31.1 Å². The number of allylic oxidation sites excluding steroid dienone is 1. The summed E-state index contributed by atoms with van der Waals surface area (Å²) in [6, 6.07) is 0. The highest BCUT2D eigenvalue weighted by atomic mass is 32.1. The average molecular weight is 423 g/mol. The van der Waals surface area contributed by atoms with E-state index in [1.807, 2.05) is 6.92 Å². The van der Waals surface area contributed by atoms with Crippen molar-refractivity contribution in [2.24, 2.45) is 0 Å². The molecule has 1 aliphatic heterocycles. The minimum absolute atomic E-state index is 0.137. The standard InChI is InChI=1S/C21H34N4O3S/c1-5-12-25(7-3)21-24-18(14-29-21)20(27)23-15(4)17(6-2)19(26)22-11-10-16-9-8-13-28-16/h14,16H,5-13H2,1-4H3,(H,22,26)(H,23,27)/b17-15-/t16-/m1/s1. The molecule has 1 aromatic heterocycles. The van der Waals surface area contributed by atoms with Gasteiger partial charge in [-0.2, -0.15) is 0 Å². The lowest BCUT2D eigenvalue weighted by atomic mass is 10.1. The summed E-state index contributed by atoms with van der Waals surface area (Å²) >= 11 is 1.47. The van der Waals surface area contributed by atoms with Gasteiger partial charge >= 0.3 is 0 Å². The summed E-state index contributed by atoms with van der Waals surface area (Å²) in [5, 5.41) is 8.41. The maximum Gasteiger partial charge on any atom is 0.274 e. The molecule has 1 saturated heterocycles. The number of nitrogens with one attached hydrogen (secondary N) is 2. The molecule has 2 rings (SSSR count). The third-order valence-corrected chi connectivity index (χ3v) is 5.93. The van der Waals surface area contributed by atoms with Gasteiger partial charge in [-0.05, 0) is 46.0 Å². The summed E-state index contributed by atoms with van der Waals surface area (Å²) < 4.78 is 5.58. The van der Waals surface area contributed by atoms with E-state index in [1.54, 1.807) is 12.3 Å². The maximum atomic E-state index is 12.6. The molecule has 0 spiro atoms. The highest BCUT2D eigenvalue weighted by Gasteiger charge is 2.19. The SMILES string of the molecule is CCCN(CC)c1nc(C(=O)N/C(C)=C(/CC)C(=O)NCC[C@H]2CCCO2)cs1. The molecule has 0 unspecified atom stereocenters. The van der Waals surface area contributed by atoms with Crippen molar-refractivity contribution in [2.45, 2.75) is 65.9 Å². The Morgan fingerprint density at radius 2 is 2.14 bits per heavy atom. The summed E-state index contributed by atoms with van der Waals surface area (Å²) in [6.07, 6.45) is 4.79. The summed E-state index contributed by atoms with van der Waals surface area (Å²) in [5.74, 6) is -0.418. The highest BCUT2D eigenvalue weighted by molar-refractivity contribution is 7.13. The lowest BCUT2D eigenvalue weighted by molar-refractivity contribution is -0.117. The van der Waals surface area contributed by atoms with Crippen LogP contribution in [-0.2, 0) is 9.53 Å². The molecular weight excluding hydrogens is 388 g/mol. The summed E-state index contributed by atoms with van der Waals surface area (Å²) in [6.45, 7) is 11.0. The molecular formula is C21H34N4O3S. The van der Waals surface area contributed by atoms with Gasteiger partial charge < -0.3 is 20.3 Å². The zero-order valence-corrected chi connectivity index (χ0v) is 18.9. The molecule has 0 bridgehead atoms. The van der Waals surface area contributed by atoms with Crippen molar-refractivity contribution in [1.29, 1.82) is 0 Å². The predicted molar refractivity (Wildman–Crippen MR) is 117 cm³/mol. The van der Waals surface area contributed by atoms with E-state index in [2.05, 4.69) is 34.4 Å². The number of carbonyl (C=O) groups is 2. The second-order valence-electron chi connectivity index (χ2n) is 7.19. The van der Waals surface area contributed by atoms with E-state index in [-0.39, 0.29) is 17.9 Å². The molecule has 0 aromatic carbocycles. The minimum Gasteiger partial charge on any atom is -0.378 e. The van der Waals surface area contributed by atoms with Crippen molar-refractivity contribution >= 4 is 28.3 Å². The zero-order chi connectivity index (χ0) is 21.2. The summed E-state index contributed by atoms with van der Waals surface area (Å²) in [5.41, 5.74) is 1.54. The van der Waals surface area contributed by atoms with E-state index in [9.17, 15) is 9.59 Å². The van der Waals surface area contributed by atoms with Crippen LogP contribution in [0.15, 0.2) is 16.7 Å². The van der Waals surface area contributed by atoms with Gasteiger partial charge in [-0.25, -0.2) is 4.98 Å². The fourth-order valence-corrected chi connectivity index (χ4v) is 4.30. The molecule has 1 fully saturated rings. The molecule has 0 saturated carbocycles. The number of amides is 2. The Hall–Kier alpha value is -1.93. The highest BCUT2D eigenvalue weighted by Crippen LogP contribution is 2.21. The number of anilines is 1. The van der Waals surface area contributed by atoms with Crippen molar-refractivity contribution in [3.63, 3.8) is 0 Å². The van der Waals surface area contributed by atoms with Crippen LogP contribution in [0.4, 0.5) is 5.13 Å². The van der Waals surface area contributed by atoms with Crippen LogP contribution in [0.1, 0.15) is 70.3 Å². The van der Waals surface area contributed by atoms with Crippen LogP contribution in [-0.4, -0.2) is 49.1 Å². The van der Waals surface area contributed by atoms with Gasteiger partial charge in [0.2, 0.25) is 5.91 Å². The summed E-state index contributed by atoms with van der Waals surface area (Å²) in [4.78, 5) is 31.8. The molecule has 7 nitrogen and oxygen atoms in total. The van der Waals surface area contributed by atoms with Gasteiger partial charge in [0, 0.05) is 42.9 Å². The van der Waals surface area contributed by atoms with Crippen LogP contribution < -0.4 is 15.5 Å². The molecule has 0 aliphatic carbocycles. The number of thiazole rings is 1. The fraction of sp³-hybridized carbons (Fsp3) is 0.667. The molecule has 162 valence electrons. The Morgan fingerprint density at radius 3 is 2.76 bits per heavy atom. The van der Waals surface area contributed by atoms with Crippen molar-refractivity contribution < 1.29 is 14.3 Å². The molecule has 1 atom stereocenters. The smallest absolute Gasteiger partial charge is 0.274 e. The Balaban J connectivity index is 1.94. The topological polar surface area (TPSA) is 83.6 Å². The first kappa shape index (κ1) is 23.3. The third-order valence-electron chi connectivity index (χ3n) is 5.03. The van der Waals surface area contributed by atoms with E-state index < -0.39 is 0 Å². The number of hydrogen-bond acceptors (Lipinski definition) is 6. The Morgan fingerprint density at radius 1 is 1.34 bits per heavy atom. The number of carbonyl (C=O) groups excluding carboxylic acids is 2. The van der Waals surface area contributed by atoms with E-state index in [0.29, 0.717) is 29.9 Å². The van der Waals surface area contributed by atoms with Gasteiger partial charge in [0.1, 0.15) is 5.69 Å². The largest absolute Gasteiger partial charge is 0.378 e. The van der Waals surface area contributed by atoms with Gasteiger partial charge in [0.15, 0.2) is 5.13 Å². The van der Waals surface area contributed by atoms with E-state index >= 15 is 0 Å². The van der Waals surface area contributed by atoms with Gasteiger partial charge in [0.05, 0.1) is 6.10 Å². The molecule has 2 heterocycles. The number of aromatic nitrogens is 1. The second kappa shape index (κ2) is 11.9. The van der Waals surface area contributed by atoms with Crippen LogP contribution in [0, 0.1) is 0 Å². The van der Waals surface area contributed by atoms with Crippen molar-refractivity contribution in [3.8, 4) is 0 Å². The quantitative estimate of drug-likeness (QED) is 0.534. The summed E-state index contributed by atoms with van der Waals surface area (Å²) in [7, 11) is 0. The van der Waals surface area contributed by atoms with Crippen LogP contribution in [0.25, 0.3) is 0 Å². The molecule has 1 aromatic rings. The predicted octanol–water partition coefficient (Wildman–Crippen LogP) is 3.48. The first-order valence-corrected chi connectivity index (χ1v) is 11.5. The zero-order valence-electron chi connectivity index (χ0n) is 18.0. The molecule has 2 amide bonds. The Labute approximate surface area is 177 Å². The van der Waals surface area contributed by atoms with Crippen LogP contribution in [0.5, 0.6) is 0 Å². The first-order valence-electron chi connectivity index (χ1n) is 10.6. The molecule has 0 radical (unpaired) electrons. The fourth-order valence-electron chi connectivity index (χ4n) is 3.40. The number of ether oxygens (including phenoxy) is 1. The van der Waals surface area contributed by atoms with E-state index in [4.69, 9.17) is 4.74 Å². The van der Waals surface area contributed by atoms with Crippen LogP contribution in [0.3, 0.4) is 0 Å². The first-order chi connectivity index (χ1) is 14.0. The van der Waals surface area contributed by atoms with Crippen LogP contribution >= 0.6 is 11.3 Å². The Bertz CT molecular complexity index is 711. The van der Waals surface area contributed by atoms with Gasteiger partial charge in [-0.1, -0.05) is 13.8 Å². The average Bonchev–Trinajstić information content (AvgIpc) is 3.38. The number of rotatable bonds is 11. The third kappa shape index (κ3) is 6.82. The molecule has 2 N–H and O–H groups in total. The lowest BCUT2D eigenvalue weighted by Gasteiger charge is -2.18. The van der Waals surface area contributed by atoms with Gasteiger partial charge in [0.25, 0.3) is 5.91 Å². The normalized spacial score (nSPS) is 17.0. The maximum absolute atomic E-state index is 12.6. The number of nitrogens with zero attached hydrogens (tertiary/aromatic N) is 2. The minimum atomic E-state index is -0.282. The monoisotopic (exact) mass is 422 g/mol. The second-order valence-corrected chi connectivity index (χ2v) is 8.02. The van der Waals surface area contributed by atoms with Crippen LogP contribution in [0.2, 0.25) is 0 Å². The van der Waals surface area contributed by atoms with E-state index in [0.717, 1.165) is 50.5 Å². The lowest BCUT2D eigenvalue weighted by Crippen LogP contribution is -2.31. The van der Waals surface area contributed by atoms with Gasteiger partial charge in [-0.3, -0.25) is 9.59 Å². The Kier molecular flexibility index (Phi) is 9.60. The van der Waals surface area contributed by atoms with Gasteiger partial charge in [-0.15, -0.1) is 11.3 Å². The van der Waals surface area contributed by atoms with Crippen molar-refractivity contribution in [1.82, 2.24) is 15.6 Å². The number of hydrogen-bond donors (Lipinski definition) is 2.